The van der Waals surface area contributed by atoms with E-state index in [1.54, 1.807) is 18.4 Å². The lowest BCUT2D eigenvalue weighted by atomic mass is 9.91. The minimum Gasteiger partial charge on any atom is -0.459 e. The third-order valence-electron chi connectivity index (χ3n) is 8.06. The summed E-state index contributed by atoms with van der Waals surface area (Å²) in [6.45, 7) is 2.10. The van der Waals surface area contributed by atoms with E-state index in [-0.39, 0.29) is 37.2 Å². The van der Waals surface area contributed by atoms with Crippen LogP contribution in [-0.2, 0) is 16.1 Å². The average Bonchev–Trinajstić information content (AvgIpc) is 3.54. The normalized spacial score (nSPS) is 19.8. The van der Waals surface area contributed by atoms with Gasteiger partial charge in [0.1, 0.15) is 18.0 Å². The molecule has 214 valence electrons. The number of ether oxygens (including phenoxy) is 1. The zero-order valence-electron chi connectivity index (χ0n) is 23.4. The van der Waals surface area contributed by atoms with Crippen molar-refractivity contribution in [2.75, 3.05) is 13.6 Å². The van der Waals surface area contributed by atoms with E-state index < -0.39 is 5.97 Å². The Hall–Kier alpha value is -3.40. The Morgan fingerprint density at radius 1 is 1.00 bits per heavy atom. The predicted molar refractivity (Wildman–Crippen MR) is 155 cm³/mol. The summed E-state index contributed by atoms with van der Waals surface area (Å²) in [5.74, 6) is -0.479. The van der Waals surface area contributed by atoms with Gasteiger partial charge in [-0.05, 0) is 57.1 Å². The fourth-order valence-corrected chi connectivity index (χ4v) is 6.87. The van der Waals surface area contributed by atoms with E-state index in [9.17, 15) is 14.4 Å². The van der Waals surface area contributed by atoms with Gasteiger partial charge in [-0.1, -0.05) is 49.6 Å². The second-order valence-electron chi connectivity index (χ2n) is 11.1. The van der Waals surface area contributed by atoms with E-state index in [0.29, 0.717) is 6.04 Å². The Morgan fingerprint density at radius 2 is 1.68 bits per heavy atom. The third-order valence-corrected chi connectivity index (χ3v) is 9.18. The zero-order chi connectivity index (χ0) is 28.1. The number of amides is 3. The lowest BCUT2D eigenvalue weighted by molar-refractivity contribution is -0.145. The summed E-state index contributed by atoms with van der Waals surface area (Å²) in [7, 11) is 1.59. The number of fused-ring (bicyclic) bond motifs is 1. The van der Waals surface area contributed by atoms with Crippen molar-refractivity contribution in [1.82, 2.24) is 25.3 Å². The second-order valence-corrected chi connectivity index (χ2v) is 12.2. The fraction of sp³-hybridized carbons (Fsp3) is 0.533. The van der Waals surface area contributed by atoms with E-state index in [0.717, 1.165) is 64.9 Å². The summed E-state index contributed by atoms with van der Waals surface area (Å²) in [4.78, 5) is 41.1. The molecule has 0 saturated heterocycles. The zero-order valence-corrected chi connectivity index (χ0v) is 24.2. The number of hydrogen-bond acceptors (Lipinski definition) is 6. The summed E-state index contributed by atoms with van der Waals surface area (Å²) in [6, 6.07) is 11.7. The molecule has 2 N–H and O–H groups in total. The maximum absolute atomic E-state index is 13.1. The van der Waals surface area contributed by atoms with Gasteiger partial charge in [0, 0.05) is 24.5 Å². The van der Waals surface area contributed by atoms with Crippen molar-refractivity contribution < 1.29 is 19.1 Å². The van der Waals surface area contributed by atoms with E-state index >= 15 is 0 Å². The quantitative estimate of drug-likeness (QED) is 0.359. The largest absolute Gasteiger partial charge is 0.459 e. The van der Waals surface area contributed by atoms with Crippen LogP contribution in [0.3, 0.4) is 0 Å². The standard InChI is InChI=1S/C30H39N5O4S/c1-20-25-17-26(40-29(25)35(33-20)24-11-7-4-8-12-24)28(37)31-22-13-15-23(16-14-22)32-30(38)34(2)18-27(36)39-19-21-9-5-3-6-10-21/h3,5-6,9-10,17,22-24H,4,7-8,11-16,18-19H2,1-2H3,(H,31,37)(H,32,38)/t22-,23-. The van der Waals surface area contributed by atoms with Crippen molar-refractivity contribution in [3.63, 3.8) is 0 Å². The number of nitrogens with zero attached hydrogens (tertiary/aromatic N) is 3. The number of aromatic nitrogens is 2. The summed E-state index contributed by atoms with van der Waals surface area (Å²) >= 11 is 1.54. The molecule has 40 heavy (non-hydrogen) atoms. The highest BCUT2D eigenvalue weighted by Gasteiger charge is 2.27. The first kappa shape index (κ1) is 28.1. The maximum atomic E-state index is 13.1. The molecule has 0 atom stereocenters. The Morgan fingerprint density at radius 3 is 2.38 bits per heavy atom. The van der Waals surface area contributed by atoms with Gasteiger partial charge >= 0.3 is 12.0 Å². The van der Waals surface area contributed by atoms with Gasteiger partial charge in [-0.3, -0.25) is 14.3 Å². The number of benzene rings is 1. The molecule has 10 heteroatoms. The highest BCUT2D eigenvalue weighted by atomic mass is 32.1. The van der Waals surface area contributed by atoms with Gasteiger partial charge in [0.05, 0.1) is 16.6 Å². The monoisotopic (exact) mass is 565 g/mol. The molecule has 2 aliphatic rings. The van der Waals surface area contributed by atoms with Crippen LogP contribution in [0.1, 0.15) is 84.8 Å². The molecule has 0 unspecified atom stereocenters. The van der Waals surface area contributed by atoms with E-state index in [4.69, 9.17) is 9.84 Å². The Kier molecular flexibility index (Phi) is 9.04. The van der Waals surface area contributed by atoms with Crippen LogP contribution in [-0.4, -0.2) is 58.3 Å². The van der Waals surface area contributed by atoms with Crippen LogP contribution in [0.15, 0.2) is 36.4 Å². The van der Waals surface area contributed by atoms with Crippen molar-refractivity contribution in [2.45, 2.75) is 89.4 Å². The Balaban J connectivity index is 1.06. The van der Waals surface area contributed by atoms with Gasteiger partial charge in [-0.25, -0.2) is 4.79 Å². The number of hydrogen-bond donors (Lipinski definition) is 2. The van der Waals surface area contributed by atoms with Gasteiger partial charge in [-0.2, -0.15) is 5.10 Å². The van der Waals surface area contributed by atoms with Gasteiger partial charge in [0.15, 0.2) is 0 Å². The molecule has 2 saturated carbocycles. The highest BCUT2D eigenvalue weighted by Crippen LogP contribution is 2.35. The summed E-state index contributed by atoms with van der Waals surface area (Å²) in [6.07, 6.45) is 9.21. The minimum atomic E-state index is -0.448. The van der Waals surface area contributed by atoms with E-state index in [2.05, 4.69) is 15.3 Å². The SMILES string of the molecule is Cc1nn(C2CCCCC2)c2sc(C(=O)N[C@H]3CC[C@H](NC(=O)N(C)CC(=O)OCc4ccccc4)CC3)cc12. The summed E-state index contributed by atoms with van der Waals surface area (Å²) < 4.78 is 7.45. The minimum absolute atomic E-state index is 0.0110. The molecule has 0 spiro atoms. The average molecular weight is 566 g/mol. The molecular weight excluding hydrogens is 526 g/mol. The number of urea groups is 1. The van der Waals surface area contributed by atoms with Crippen molar-refractivity contribution >= 4 is 39.5 Å². The molecule has 2 aliphatic carbocycles. The number of esters is 1. The molecule has 3 aromatic rings. The highest BCUT2D eigenvalue weighted by molar-refractivity contribution is 7.20. The van der Waals surface area contributed by atoms with Crippen LogP contribution >= 0.6 is 11.3 Å². The molecule has 2 aromatic heterocycles. The molecule has 0 radical (unpaired) electrons. The van der Waals surface area contributed by atoms with Crippen molar-refractivity contribution in [3.05, 3.63) is 52.5 Å². The lowest BCUT2D eigenvalue weighted by Gasteiger charge is -2.30. The molecule has 3 amide bonds. The number of nitrogens with one attached hydrogen (secondary N) is 2. The van der Waals surface area contributed by atoms with Crippen molar-refractivity contribution in [1.29, 1.82) is 0 Å². The number of likely N-dealkylation sites (N-methyl/N-ethyl adjacent to an activating group) is 1. The number of thiophene rings is 1. The summed E-state index contributed by atoms with van der Waals surface area (Å²) in [5.41, 5.74) is 1.89. The molecule has 5 rings (SSSR count). The van der Waals surface area contributed by atoms with E-state index in [1.807, 2.05) is 43.3 Å². The van der Waals surface area contributed by atoms with Crippen LogP contribution in [0, 0.1) is 6.92 Å². The lowest BCUT2D eigenvalue weighted by Crippen LogP contribution is -2.48. The number of aryl methyl sites for hydroxylation is 1. The van der Waals surface area contributed by atoms with Crippen molar-refractivity contribution in [2.24, 2.45) is 0 Å². The number of carbonyl (C=O) groups excluding carboxylic acids is 3. The third kappa shape index (κ3) is 6.83. The molecule has 0 aliphatic heterocycles. The first-order valence-corrected chi connectivity index (χ1v) is 15.2. The molecule has 1 aromatic carbocycles. The molecule has 0 bridgehead atoms. The number of carbonyl (C=O) groups is 3. The number of rotatable bonds is 8. The molecule has 9 nitrogen and oxygen atoms in total. The summed E-state index contributed by atoms with van der Waals surface area (Å²) in [5, 5.41) is 12.1. The van der Waals surface area contributed by atoms with Gasteiger partial charge in [0.25, 0.3) is 5.91 Å². The van der Waals surface area contributed by atoms with Crippen LogP contribution in [0.4, 0.5) is 4.79 Å². The molecule has 2 fully saturated rings. The van der Waals surface area contributed by atoms with Crippen LogP contribution < -0.4 is 10.6 Å². The van der Waals surface area contributed by atoms with Crippen LogP contribution in [0.2, 0.25) is 0 Å². The van der Waals surface area contributed by atoms with Crippen LogP contribution in [0.25, 0.3) is 10.2 Å². The predicted octanol–water partition coefficient (Wildman–Crippen LogP) is 5.34. The maximum Gasteiger partial charge on any atom is 0.326 e. The Labute approximate surface area is 239 Å². The first-order valence-electron chi connectivity index (χ1n) is 14.4. The van der Waals surface area contributed by atoms with Gasteiger partial charge in [0.2, 0.25) is 0 Å². The fourth-order valence-electron chi connectivity index (χ4n) is 5.73. The molecule has 2 heterocycles. The smallest absolute Gasteiger partial charge is 0.326 e. The van der Waals surface area contributed by atoms with Gasteiger partial charge < -0.3 is 20.3 Å². The Bertz CT molecular complexity index is 1320. The van der Waals surface area contributed by atoms with Crippen LogP contribution in [0.5, 0.6) is 0 Å². The second kappa shape index (κ2) is 12.8. The van der Waals surface area contributed by atoms with E-state index in [1.165, 1.54) is 24.2 Å². The van der Waals surface area contributed by atoms with Crippen molar-refractivity contribution in [3.8, 4) is 0 Å². The molecular formula is C30H39N5O4S. The van der Waals surface area contributed by atoms with Gasteiger partial charge in [-0.15, -0.1) is 11.3 Å². The topological polar surface area (TPSA) is 106 Å². The first-order chi connectivity index (χ1) is 19.4.